The molecule has 0 radical (unpaired) electrons. The molecule has 2 rings (SSSR count). The average molecular weight is 308 g/mol. The molecule has 0 spiro atoms. The molecule has 1 N–H and O–H groups in total. The Balaban J connectivity index is 2.40. The van der Waals surface area contributed by atoms with Crippen LogP contribution in [0.25, 0.3) is 0 Å². The monoisotopic (exact) mass is 307 g/mol. The predicted molar refractivity (Wildman–Crippen MR) is 64.2 cm³/mol. The molecule has 0 aliphatic carbocycles. The molecule has 0 amide bonds. The van der Waals surface area contributed by atoms with Gasteiger partial charge in [0.05, 0.1) is 11.4 Å². The maximum Gasteiger partial charge on any atom is 0.246 e. The summed E-state index contributed by atoms with van der Waals surface area (Å²) < 4.78 is 26.2. The number of hydrogen-bond donors (Lipinski definition) is 1. The third kappa shape index (κ3) is 1.91. The number of aryl methyl sites for hydroxylation is 2. The minimum Gasteiger partial charge on any atom is -0.281 e. The molecule has 1 saturated heterocycles. The van der Waals surface area contributed by atoms with E-state index in [-0.39, 0.29) is 4.83 Å². The summed E-state index contributed by atoms with van der Waals surface area (Å²) in [4.78, 5) is 0.587. The molecular formula is C9H14BrN3O2S. The summed E-state index contributed by atoms with van der Waals surface area (Å²) >= 11 is 3.44. The largest absolute Gasteiger partial charge is 0.281 e. The van der Waals surface area contributed by atoms with Crippen molar-refractivity contribution in [3.05, 3.63) is 11.4 Å². The maximum atomic E-state index is 12.3. The second kappa shape index (κ2) is 4.12. The van der Waals surface area contributed by atoms with E-state index in [1.54, 1.807) is 13.8 Å². The van der Waals surface area contributed by atoms with Gasteiger partial charge >= 0.3 is 0 Å². The highest BCUT2D eigenvalue weighted by Crippen LogP contribution is 2.27. The molecule has 0 bridgehead atoms. The Labute approximate surface area is 103 Å². The van der Waals surface area contributed by atoms with E-state index >= 15 is 0 Å². The van der Waals surface area contributed by atoms with Crippen molar-refractivity contribution in [1.82, 2.24) is 14.5 Å². The van der Waals surface area contributed by atoms with E-state index < -0.39 is 10.0 Å². The molecule has 0 saturated carbocycles. The van der Waals surface area contributed by atoms with E-state index in [9.17, 15) is 8.42 Å². The van der Waals surface area contributed by atoms with Gasteiger partial charge < -0.3 is 0 Å². The number of aromatic amines is 1. The molecule has 1 unspecified atom stereocenters. The van der Waals surface area contributed by atoms with Crippen molar-refractivity contribution in [3.8, 4) is 0 Å². The third-order valence-corrected chi connectivity index (χ3v) is 5.63. The van der Waals surface area contributed by atoms with Crippen LogP contribution in [0.4, 0.5) is 0 Å². The summed E-state index contributed by atoms with van der Waals surface area (Å²) in [7, 11) is -3.38. The number of alkyl halides is 1. The highest BCUT2D eigenvalue weighted by molar-refractivity contribution is 9.09. The van der Waals surface area contributed by atoms with Gasteiger partial charge in [0, 0.05) is 17.9 Å². The van der Waals surface area contributed by atoms with Crippen molar-refractivity contribution in [3.63, 3.8) is 0 Å². The molecule has 1 aromatic heterocycles. The van der Waals surface area contributed by atoms with Gasteiger partial charge in [0.1, 0.15) is 4.90 Å². The van der Waals surface area contributed by atoms with E-state index in [4.69, 9.17) is 0 Å². The minimum atomic E-state index is -3.38. The van der Waals surface area contributed by atoms with E-state index in [1.807, 2.05) is 0 Å². The van der Waals surface area contributed by atoms with Crippen LogP contribution in [0.15, 0.2) is 4.90 Å². The smallest absolute Gasteiger partial charge is 0.246 e. The Kier molecular flexibility index (Phi) is 3.11. The van der Waals surface area contributed by atoms with Crippen molar-refractivity contribution in [2.75, 3.05) is 13.1 Å². The van der Waals surface area contributed by atoms with Gasteiger partial charge in [0.15, 0.2) is 0 Å². The van der Waals surface area contributed by atoms with Crippen LogP contribution in [0.1, 0.15) is 17.8 Å². The first-order valence-corrected chi connectivity index (χ1v) is 7.44. The topological polar surface area (TPSA) is 66.1 Å². The fraction of sp³-hybridized carbons (Fsp3) is 0.667. The van der Waals surface area contributed by atoms with Crippen LogP contribution >= 0.6 is 15.9 Å². The molecule has 1 aliphatic rings. The van der Waals surface area contributed by atoms with Gasteiger partial charge in [-0.05, 0) is 20.3 Å². The quantitative estimate of drug-likeness (QED) is 0.835. The second-order valence-electron chi connectivity index (χ2n) is 4.01. The van der Waals surface area contributed by atoms with Crippen LogP contribution in [0, 0.1) is 13.8 Å². The molecular weight excluding hydrogens is 294 g/mol. The first-order chi connectivity index (χ1) is 7.43. The Morgan fingerprint density at radius 2 is 2.19 bits per heavy atom. The molecule has 5 nitrogen and oxygen atoms in total. The predicted octanol–water partition coefficient (Wildman–Crippen LogP) is 1.18. The summed E-state index contributed by atoms with van der Waals surface area (Å²) in [6.45, 7) is 4.54. The zero-order valence-electron chi connectivity index (χ0n) is 9.20. The highest BCUT2D eigenvalue weighted by atomic mass is 79.9. The van der Waals surface area contributed by atoms with Crippen LogP contribution < -0.4 is 0 Å². The highest BCUT2D eigenvalue weighted by Gasteiger charge is 2.34. The summed E-state index contributed by atoms with van der Waals surface area (Å²) in [6.07, 6.45) is 0.856. The van der Waals surface area contributed by atoms with Crippen LogP contribution in [-0.4, -0.2) is 40.8 Å². The number of halogens is 1. The van der Waals surface area contributed by atoms with Crippen LogP contribution in [0.3, 0.4) is 0 Å². The molecule has 16 heavy (non-hydrogen) atoms. The van der Waals surface area contributed by atoms with Gasteiger partial charge in [-0.3, -0.25) is 5.10 Å². The van der Waals surface area contributed by atoms with Crippen molar-refractivity contribution >= 4 is 26.0 Å². The van der Waals surface area contributed by atoms with Crippen LogP contribution in [-0.2, 0) is 10.0 Å². The average Bonchev–Trinajstić information content (AvgIpc) is 2.74. The number of sulfonamides is 1. The normalized spacial score (nSPS) is 22.8. The minimum absolute atomic E-state index is 0.259. The zero-order valence-corrected chi connectivity index (χ0v) is 11.6. The van der Waals surface area contributed by atoms with Crippen LogP contribution in [0.5, 0.6) is 0 Å². The van der Waals surface area contributed by atoms with Crippen molar-refractivity contribution in [2.45, 2.75) is 30.0 Å². The molecule has 2 heterocycles. The molecule has 7 heteroatoms. The Bertz CT molecular complexity index is 477. The Morgan fingerprint density at radius 3 is 2.62 bits per heavy atom. The summed E-state index contributed by atoms with van der Waals surface area (Å²) in [5, 5.41) is 6.64. The van der Waals surface area contributed by atoms with E-state index in [1.165, 1.54) is 4.31 Å². The fourth-order valence-electron chi connectivity index (χ4n) is 1.96. The number of rotatable bonds is 2. The zero-order chi connectivity index (χ0) is 11.9. The SMILES string of the molecule is Cc1n[nH]c(C)c1S(=O)(=O)N1CCC(Br)C1. The number of nitrogens with one attached hydrogen (secondary N) is 1. The molecule has 0 aromatic carbocycles. The fourth-order valence-corrected chi connectivity index (χ4v) is 4.53. The summed E-state index contributed by atoms with van der Waals surface area (Å²) in [6, 6.07) is 0. The lowest BCUT2D eigenvalue weighted by molar-refractivity contribution is 0.477. The van der Waals surface area contributed by atoms with Crippen LogP contribution in [0.2, 0.25) is 0 Å². The van der Waals surface area contributed by atoms with E-state index in [0.717, 1.165) is 6.42 Å². The number of hydrogen-bond acceptors (Lipinski definition) is 3. The molecule has 1 aliphatic heterocycles. The lowest BCUT2D eigenvalue weighted by Gasteiger charge is -2.15. The van der Waals surface area contributed by atoms with Gasteiger partial charge in [0.25, 0.3) is 0 Å². The molecule has 1 aromatic rings. The van der Waals surface area contributed by atoms with Gasteiger partial charge in [-0.2, -0.15) is 9.40 Å². The standard InChI is InChI=1S/C9H14BrN3O2S/c1-6-9(7(2)12-11-6)16(14,15)13-4-3-8(10)5-13/h8H,3-5H2,1-2H3,(H,11,12). The Morgan fingerprint density at radius 1 is 1.50 bits per heavy atom. The van der Waals surface area contributed by atoms with Gasteiger partial charge in [0.2, 0.25) is 10.0 Å². The van der Waals surface area contributed by atoms with Crippen molar-refractivity contribution < 1.29 is 8.42 Å². The second-order valence-corrected chi connectivity index (χ2v) is 7.18. The van der Waals surface area contributed by atoms with Crippen molar-refractivity contribution in [1.29, 1.82) is 0 Å². The van der Waals surface area contributed by atoms with Gasteiger partial charge in [-0.25, -0.2) is 8.42 Å². The van der Waals surface area contributed by atoms with Gasteiger partial charge in [-0.15, -0.1) is 0 Å². The number of nitrogens with zero attached hydrogens (tertiary/aromatic N) is 2. The Hall–Kier alpha value is -0.400. The van der Waals surface area contributed by atoms with E-state index in [0.29, 0.717) is 29.4 Å². The first kappa shape index (κ1) is 12.1. The van der Waals surface area contributed by atoms with Crippen molar-refractivity contribution in [2.24, 2.45) is 0 Å². The summed E-state index contributed by atoms with van der Waals surface area (Å²) in [5.41, 5.74) is 1.14. The molecule has 90 valence electrons. The van der Waals surface area contributed by atoms with E-state index in [2.05, 4.69) is 26.1 Å². The number of H-pyrrole nitrogens is 1. The number of aromatic nitrogens is 2. The lowest BCUT2D eigenvalue weighted by atomic mass is 10.4. The summed E-state index contributed by atoms with van der Waals surface area (Å²) in [5.74, 6) is 0. The van der Waals surface area contributed by atoms with Gasteiger partial charge in [-0.1, -0.05) is 15.9 Å². The first-order valence-electron chi connectivity index (χ1n) is 5.08. The maximum absolute atomic E-state index is 12.3. The molecule has 1 atom stereocenters. The molecule has 1 fully saturated rings. The lowest BCUT2D eigenvalue weighted by Crippen LogP contribution is -2.29. The third-order valence-electron chi connectivity index (χ3n) is 2.75.